The minimum atomic E-state index is 0.396. The quantitative estimate of drug-likeness (QED) is 0.782. The van der Waals surface area contributed by atoms with Gasteiger partial charge >= 0.3 is 0 Å². The van der Waals surface area contributed by atoms with Crippen LogP contribution in [0.2, 0.25) is 0 Å². The first kappa shape index (κ1) is 10.8. The molecular formula is C12H17NOS. The summed E-state index contributed by atoms with van der Waals surface area (Å²) < 4.78 is 0. The lowest BCUT2D eigenvalue weighted by atomic mass is 10.1. The first-order valence-corrected chi connectivity index (χ1v) is 6.48. The van der Waals surface area contributed by atoms with Gasteiger partial charge in [0, 0.05) is 23.9 Å². The third-order valence-electron chi connectivity index (χ3n) is 2.93. The van der Waals surface area contributed by atoms with Gasteiger partial charge in [0.05, 0.1) is 6.54 Å². The number of thiophene rings is 1. The maximum Gasteiger partial charge on any atom is 0.148 e. The van der Waals surface area contributed by atoms with Crippen LogP contribution in [0.25, 0.3) is 0 Å². The first-order valence-electron chi connectivity index (χ1n) is 5.60. The number of carbonyl (C=O) groups is 1. The number of Topliss-reactive ketones (excluding diaryl/α,β-unsaturated/α-hetero) is 1. The van der Waals surface area contributed by atoms with Crippen LogP contribution >= 0.6 is 11.3 Å². The molecule has 0 aliphatic carbocycles. The lowest BCUT2D eigenvalue weighted by Gasteiger charge is -2.25. The van der Waals surface area contributed by atoms with Crippen LogP contribution in [0, 0.1) is 0 Å². The molecule has 0 spiro atoms. The number of rotatable bonds is 4. The molecule has 0 amide bonds. The molecule has 1 atom stereocenters. The second kappa shape index (κ2) is 4.90. The van der Waals surface area contributed by atoms with E-state index < -0.39 is 0 Å². The molecule has 15 heavy (non-hydrogen) atoms. The monoisotopic (exact) mass is 223 g/mol. The molecule has 2 rings (SSSR count). The predicted molar refractivity (Wildman–Crippen MR) is 63.2 cm³/mol. The molecule has 1 aliphatic rings. The summed E-state index contributed by atoms with van der Waals surface area (Å²) in [4.78, 5) is 15.0. The summed E-state index contributed by atoms with van der Waals surface area (Å²) in [6.45, 7) is 3.81. The molecule has 1 unspecified atom stereocenters. The normalized spacial score (nSPS) is 19.7. The Hall–Kier alpha value is -0.670. The van der Waals surface area contributed by atoms with Crippen molar-refractivity contribution in [2.45, 2.75) is 32.2 Å². The highest BCUT2D eigenvalue weighted by atomic mass is 32.1. The molecule has 1 aromatic rings. The van der Waals surface area contributed by atoms with Crippen LogP contribution in [0.1, 0.15) is 37.1 Å². The summed E-state index contributed by atoms with van der Waals surface area (Å²) in [5, 5.41) is 2.12. The van der Waals surface area contributed by atoms with E-state index in [0.29, 0.717) is 18.4 Å². The zero-order valence-electron chi connectivity index (χ0n) is 9.11. The van der Waals surface area contributed by atoms with Crippen molar-refractivity contribution in [3.8, 4) is 0 Å². The SMILES string of the molecule is CCCC(c1cccs1)N1CCC(=O)C1. The molecule has 0 bridgehead atoms. The Bertz CT molecular complexity index is 320. The lowest BCUT2D eigenvalue weighted by Crippen LogP contribution is -2.26. The fraction of sp³-hybridized carbons (Fsp3) is 0.583. The number of carbonyl (C=O) groups excluding carboxylic acids is 1. The molecule has 0 N–H and O–H groups in total. The van der Waals surface area contributed by atoms with Gasteiger partial charge in [-0.15, -0.1) is 11.3 Å². The van der Waals surface area contributed by atoms with Crippen molar-refractivity contribution in [3.63, 3.8) is 0 Å². The molecule has 1 aromatic heterocycles. The van der Waals surface area contributed by atoms with Crippen molar-refractivity contribution >= 4 is 17.1 Å². The average Bonchev–Trinajstić information content (AvgIpc) is 2.85. The number of nitrogens with zero attached hydrogens (tertiary/aromatic N) is 1. The van der Waals surface area contributed by atoms with Crippen LogP contribution in [0.5, 0.6) is 0 Å². The molecule has 0 saturated carbocycles. The van der Waals surface area contributed by atoms with Crippen molar-refractivity contribution < 1.29 is 4.79 Å². The smallest absolute Gasteiger partial charge is 0.148 e. The summed E-state index contributed by atoms with van der Waals surface area (Å²) in [5.41, 5.74) is 0. The largest absolute Gasteiger partial charge is 0.298 e. The maximum absolute atomic E-state index is 11.3. The van der Waals surface area contributed by atoms with Crippen LogP contribution in [-0.4, -0.2) is 23.8 Å². The summed E-state index contributed by atoms with van der Waals surface area (Å²) >= 11 is 1.81. The van der Waals surface area contributed by atoms with E-state index >= 15 is 0 Å². The molecule has 0 radical (unpaired) electrons. The van der Waals surface area contributed by atoms with Gasteiger partial charge in [0.25, 0.3) is 0 Å². The number of likely N-dealkylation sites (tertiary alicyclic amines) is 1. The van der Waals surface area contributed by atoms with Gasteiger partial charge in [-0.1, -0.05) is 19.4 Å². The Balaban J connectivity index is 2.09. The van der Waals surface area contributed by atoms with Crippen molar-refractivity contribution in [1.82, 2.24) is 4.90 Å². The minimum absolute atomic E-state index is 0.396. The number of hydrogen-bond donors (Lipinski definition) is 0. The fourth-order valence-electron chi connectivity index (χ4n) is 2.18. The van der Waals surface area contributed by atoms with E-state index in [1.165, 1.54) is 11.3 Å². The van der Waals surface area contributed by atoms with Gasteiger partial charge in [-0.2, -0.15) is 0 Å². The van der Waals surface area contributed by atoms with E-state index in [2.05, 4.69) is 29.3 Å². The molecule has 1 saturated heterocycles. The van der Waals surface area contributed by atoms with Gasteiger partial charge in [-0.3, -0.25) is 9.69 Å². The van der Waals surface area contributed by atoms with E-state index in [1.807, 2.05) is 0 Å². The van der Waals surface area contributed by atoms with E-state index in [0.717, 1.165) is 19.4 Å². The Labute approximate surface area is 94.9 Å². The van der Waals surface area contributed by atoms with Crippen molar-refractivity contribution in [2.24, 2.45) is 0 Å². The number of ketones is 1. The van der Waals surface area contributed by atoms with Gasteiger partial charge in [-0.05, 0) is 17.9 Å². The summed E-state index contributed by atoms with van der Waals surface area (Å²) in [6.07, 6.45) is 3.08. The van der Waals surface area contributed by atoms with Gasteiger partial charge in [0.15, 0.2) is 0 Å². The zero-order chi connectivity index (χ0) is 10.7. The van der Waals surface area contributed by atoms with Crippen LogP contribution in [0.4, 0.5) is 0 Å². The minimum Gasteiger partial charge on any atom is -0.298 e. The highest BCUT2D eigenvalue weighted by molar-refractivity contribution is 7.10. The molecule has 82 valence electrons. The Morgan fingerprint density at radius 2 is 2.47 bits per heavy atom. The van der Waals surface area contributed by atoms with Crippen LogP contribution < -0.4 is 0 Å². The molecule has 0 aromatic carbocycles. The van der Waals surface area contributed by atoms with E-state index in [1.54, 1.807) is 11.3 Å². The van der Waals surface area contributed by atoms with Crippen molar-refractivity contribution in [2.75, 3.05) is 13.1 Å². The predicted octanol–water partition coefficient (Wildman–Crippen LogP) is 2.86. The van der Waals surface area contributed by atoms with Crippen molar-refractivity contribution in [1.29, 1.82) is 0 Å². The molecule has 2 heterocycles. The lowest BCUT2D eigenvalue weighted by molar-refractivity contribution is -0.117. The maximum atomic E-state index is 11.3. The average molecular weight is 223 g/mol. The number of hydrogen-bond acceptors (Lipinski definition) is 3. The first-order chi connectivity index (χ1) is 7.31. The van der Waals surface area contributed by atoms with E-state index in [9.17, 15) is 4.79 Å². The molecule has 2 nitrogen and oxygen atoms in total. The molecule has 1 aliphatic heterocycles. The van der Waals surface area contributed by atoms with Crippen LogP contribution in [-0.2, 0) is 4.79 Å². The standard InChI is InChI=1S/C12H17NOS/c1-2-4-11(12-5-3-8-15-12)13-7-6-10(14)9-13/h3,5,8,11H,2,4,6-7,9H2,1H3. The summed E-state index contributed by atoms with van der Waals surface area (Å²) in [7, 11) is 0. The topological polar surface area (TPSA) is 20.3 Å². The second-order valence-electron chi connectivity index (χ2n) is 4.08. The van der Waals surface area contributed by atoms with Crippen LogP contribution in [0.15, 0.2) is 17.5 Å². The van der Waals surface area contributed by atoms with Gasteiger partial charge in [0.1, 0.15) is 5.78 Å². The van der Waals surface area contributed by atoms with Crippen LogP contribution in [0.3, 0.4) is 0 Å². The highest BCUT2D eigenvalue weighted by Gasteiger charge is 2.27. The Kier molecular flexibility index (Phi) is 3.54. The zero-order valence-corrected chi connectivity index (χ0v) is 9.93. The van der Waals surface area contributed by atoms with Gasteiger partial charge in [-0.25, -0.2) is 0 Å². The Morgan fingerprint density at radius 3 is 3.00 bits per heavy atom. The Morgan fingerprint density at radius 1 is 1.60 bits per heavy atom. The molecular weight excluding hydrogens is 206 g/mol. The third-order valence-corrected chi connectivity index (χ3v) is 3.91. The van der Waals surface area contributed by atoms with E-state index in [4.69, 9.17) is 0 Å². The highest BCUT2D eigenvalue weighted by Crippen LogP contribution is 2.31. The van der Waals surface area contributed by atoms with Crippen molar-refractivity contribution in [3.05, 3.63) is 22.4 Å². The molecule has 1 fully saturated rings. The second-order valence-corrected chi connectivity index (χ2v) is 5.06. The fourth-order valence-corrected chi connectivity index (χ4v) is 3.07. The molecule has 3 heteroatoms. The van der Waals surface area contributed by atoms with Gasteiger partial charge in [0.2, 0.25) is 0 Å². The third kappa shape index (κ3) is 2.47. The van der Waals surface area contributed by atoms with Gasteiger partial charge < -0.3 is 0 Å². The summed E-state index contributed by atoms with van der Waals surface area (Å²) in [5.74, 6) is 0.396. The van der Waals surface area contributed by atoms with E-state index in [-0.39, 0.29) is 0 Å². The summed E-state index contributed by atoms with van der Waals surface area (Å²) in [6, 6.07) is 4.76.